The van der Waals surface area contributed by atoms with E-state index >= 15 is 0 Å². The number of Topliss-reactive ketones (excluding diaryl/α,β-unsaturated/α-hetero) is 1. The van der Waals surface area contributed by atoms with Crippen molar-refractivity contribution < 1.29 is 9.90 Å². The molecule has 0 aromatic rings. The molecular weight excluding hydrogens is 107 g/mol. The van der Waals surface area contributed by atoms with Crippen LogP contribution in [-0.4, -0.2) is 68.9 Å². The summed E-state index contributed by atoms with van der Waals surface area (Å²) in [7, 11) is 0. The molecule has 0 saturated heterocycles. The summed E-state index contributed by atoms with van der Waals surface area (Å²) in [5, 5.41) is 7.79. The first-order valence-corrected chi connectivity index (χ1v) is 1.37. The van der Waals surface area contributed by atoms with Gasteiger partial charge in [0.15, 0.2) is 5.78 Å². The molecule has 0 rings (SSSR count). The Labute approximate surface area is 79.3 Å². The van der Waals surface area contributed by atoms with Crippen molar-refractivity contribution in [2.45, 2.75) is 6.92 Å². The third-order valence-electron chi connectivity index (χ3n) is 0.223. The zero-order chi connectivity index (χ0) is 4.28. The Morgan fingerprint density at radius 3 is 2.00 bits per heavy atom. The van der Waals surface area contributed by atoms with E-state index in [1.165, 1.54) is 6.92 Å². The minimum Gasteiger partial charge on any atom is -0.389 e. The van der Waals surface area contributed by atoms with E-state index in [0.29, 0.717) is 0 Å². The van der Waals surface area contributed by atoms with Gasteiger partial charge in [0.2, 0.25) is 0 Å². The molecule has 3 heteroatoms. The van der Waals surface area contributed by atoms with Gasteiger partial charge in [0, 0.05) is 51.4 Å². The van der Waals surface area contributed by atoms with Gasteiger partial charge >= 0.3 is 0 Å². The maximum Gasteiger partial charge on any atom is 0.155 e. The van der Waals surface area contributed by atoms with Crippen LogP contribution in [0, 0.1) is 0 Å². The van der Waals surface area contributed by atoms with Crippen molar-refractivity contribution in [3.05, 3.63) is 0 Å². The van der Waals surface area contributed by atoms with E-state index in [1.54, 1.807) is 0 Å². The third kappa shape index (κ3) is 8.98. The van der Waals surface area contributed by atoms with Crippen LogP contribution in [0.15, 0.2) is 0 Å². The number of hydrogen-bond acceptors (Lipinski definition) is 2. The van der Waals surface area contributed by atoms with Crippen molar-refractivity contribution in [1.82, 2.24) is 0 Å². The standard InChI is InChI=1S/C3H6O2.K/c1-3(5)2-4;/h4H,2H2,1H3;. The topological polar surface area (TPSA) is 37.3 Å². The van der Waals surface area contributed by atoms with Gasteiger partial charge in [-0.2, -0.15) is 0 Å². The molecule has 6 heavy (non-hydrogen) atoms. The SMILES string of the molecule is CC(=O)CO.[K]. The Balaban J connectivity index is 0. The summed E-state index contributed by atoms with van der Waals surface area (Å²) >= 11 is 0. The van der Waals surface area contributed by atoms with Gasteiger partial charge in [-0.3, -0.25) is 4.79 Å². The van der Waals surface area contributed by atoms with Crippen molar-refractivity contribution >= 4 is 57.2 Å². The van der Waals surface area contributed by atoms with E-state index in [-0.39, 0.29) is 63.8 Å². The fraction of sp³-hybridized carbons (Fsp3) is 0.667. The van der Waals surface area contributed by atoms with Crippen molar-refractivity contribution in [3.8, 4) is 0 Å². The first-order chi connectivity index (χ1) is 2.27. The quantitative estimate of drug-likeness (QED) is 0.451. The molecule has 0 saturated carbocycles. The number of carbonyl (C=O) groups excluding carboxylic acids is 1. The molecular formula is C3H6KO2. The number of ketones is 1. The molecule has 0 aliphatic carbocycles. The van der Waals surface area contributed by atoms with Crippen molar-refractivity contribution in [3.63, 3.8) is 0 Å². The molecule has 0 atom stereocenters. The minimum atomic E-state index is -0.333. The molecule has 0 amide bonds. The molecule has 2 nitrogen and oxygen atoms in total. The fourth-order valence-corrected chi connectivity index (χ4v) is 0. The Bertz CT molecular complexity index is 44.1. The number of aliphatic hydroxyl groups is 1. The first-order valence-electron chi connectivity index (χ1n) is 1.37. The van der Waals surface area contributed by atoms with Gasteiger partial charge in [0.25, 0.3) is 0 Å². The summed E-state index contributed by atoms with van der Waals surface area (Å²) in [6.07, 6.45) is 0. The average molecular weight is 113 g/mol. The van der Waals surface area contributed by atoms with Gasteiger partial charge in [0.05, 0.1) is 0 Å². The van der Waals surface area contributed by atoms with Gasteiger partial charge < -0.3 is 5.11 Å². The first kappa shape index (κ1) is 10.3. The van der Waals surface area contributed by atoms with Crippen LogP contribution in [0.25, 0.3) is 0 Å². The maximum atomic E-state index is 9.56. The predicted molar refractivity (Wildman–Crippen MR) is 23.5 cm³/mol. The molecule has 0 spiro atoms. The second-order valence-corrected chi connectivity index (χ2v) is 0.860. The Morgan fingerprint density at radius 2 is 2.00 bits per heavy atom. The van der Waals surface area contributed by atoms with Crippen LogP contribution in [0.2, 0.25) is 0 Å². The van der Waals surface area contributed by atoms with Crippen molar-refractivity contribution in [2.75, 3.05) is 6.61 Å². The van der Waals surface area contributed by atoms with E-state index in [0.717, 1.165) is 0 Å². The zero-order valence-corrected chi connectivity index (χ0v) is 7.19. The minimum absolute atomic E-state index is 0. The Kier molecular flexibility index (Phi) is 10.7. The predicted octanol–water partition coefficient (Wildman–Crippen LogP) is -0.813. The van der Waals surface area contributed by atoms with Crippen LogP contribution < -0.4 is 0 Å². The number of rotatable bonds is 1. The molecule has 0 aromatic carbocycles. The number of aliphatic hydroxyl groups excluding tert-OH is 1. The summed E-state index contributed by atoms with van der Waals surface area (Å²) in [5.41, 5.74) is 0. The monoisotopic (exact) mass is 113 g/mol. The molecule has 0 unspecified atom stereocenters. The van der Waals surface area contributed by atoms with Gasteiger partial charge in [-0.15, -0.1) is 0 Å². The Hall–Kier alpha value is 1.27. The van der Waals surface area contributed by atoms with E-state index < -0.39 is 0 Å². The van der Waals surface area contributed by atoms with Gasteiger partial charge in [-0.05, 0) is 6.92 Å². The van der Waals surface area contributed by atoms with Gasteiger partial charge in [-0.25, -0.2) is 0 Å². The van der Waals surface area contributed by atoms with Crippen LogP contribution in [0.3, 0.4) is 0 Å². The Morgan fingerprint density at radius 1 is 1.83 bits per heavy atom. The molecule has 31 valence electrons. The average Bonchev–Trinajstić information content (AvgIpc) is 1.38. The largest absolute Gasteiger partial charge is 0.389 e. The molecule has 0 aliphatic rings. The molecule has 0 aliphatic heterocycles. The molecule has 0 bridgehead atoms. The van der Waals surface area contributed by atoms with Crippen LogP contribution >= 0.6 is 0 Å². The van der Waals surface area contributed by atoms with Crippen molar-refractivity contribution in [2.24, 2.45) is 0 Å². The summed E-state index contributed by atoms with van der Waals surface area (Å²) in [6, 6.07) is 0. The smallest absolute Gasteiger partial charge is 0.155 e. The van der Waals surface area contributed by atoms with Crippen LogP contribution in [0.4, 0.5) is 0 Å². The van der Waals surface area contributed by atoms with E-state index in [1.807, 2.05) is 0 Å². The second-order valence-electron chi connectivity index (χ2n) is 0.860. The number of carbonyl (C=O) groups is 1. The second kappa shape index (κ2) is 6.27. The molecule has 0 heterocycles. The molecule has 1 radical (unpaired) electrons. The normalized spacial score (nSPS) is 6.33. The van der Waals surface area contributed by atoms with Gasteiger partial charge in [-0.1, -0.05) is 0 Å². The summed E-state index contributed by atoms with van der Waals surface area (Å²) in [5.74, 6) is -0.190. The van der Waals surface area contributed by atoms with Crippen LogP contribution in [-0.2, 0) is 4.79 Å². The molecule has 0 aromatic heterocycles. The number of hydrogen-bond donors (Lipinski definition) is 1. The molecule has 1 N–H and O–H groups in total. The van der Waals surface area contributed by atoms with E-state index in [4.69, 9.17) is 5.11 Å². The maximum absolute atomic E-state index is 9.56. The summed E-state index contributed by atoms with van der Waals surface area (Å²) in [4.78, 5) is 9.56. The van der Waals surface area contributed by atoms with Crippen LogP contribution in [0.5, 0.6) is 0 Å². The summed E-state index contributed by atoms with van der Waals surface area (Å²) in [6.45, 7) is 1.000. The van der Waals surface area contributed by atoms with Crippen molar-refractivity contribution in [1.29, 1.82) is 0 Å². The van der Waals surface area contributed by atoms with Crippen LogP contribution in [0.1, 0.15) is 6.92 Å². The van der Waals surface area contributed by atoms with Gasteiger partial charge in [0.1, 0.15) is 6.61 Å². The molecule has 0 fully saturated rings. The zero-order valence-electron chi connectivity index (χ0n) is 4.06. The van der Waals surface area contributed by atoms with E-state index in [2.05, 4.69) is 0 Å². The van der Waals surface area contributed by atoms with E-state index in [9.17, 15) is 4.79 Å². The third-order valence-corrected chi connectivity index (χ3v) is 0.223. The summed E-state index contributed by atoms with van der Waals surface area (Å²) < 4.78 is 0. The fourth-order valence-electron chi connectivity index (χ4n) is 0.